The van der Waals surface area contributed by atoms with E-state index in [4.69, 9.17) is 4.74 Å². The molecule has 182 valence electrons. The molecule has 2 rings (SSSR count). The van der Waals surface area contributed by atoms with Crippen molar-refractivity contribution in [2.24, 2.45) is 0 Å². The average Bonchev–Trinajstić information content (AvgIpc) is 2.73. The number of hydrogen-bond donors (Lipinski definition) is 6. The summed E-state index contributed by atoms with van der Waals surface area (Å²) in [6.45, 7) is 7.10. The fraction of sp³-hybridized carbons (Fsp3) is 0.476. The van der Waals surface area contributed by atoms with Gasteiger partial charge < -0.3 is 40.7 Å². The third-order valence-corrected chi connectivity index (χ3v) is 6.01. The van der Waals surface area contributed by atoms with Gasteiger partial charge in [0, 0.05) is 32.2 Å². The van der Waals surface area contributed by atoms with Gasteiger partial charge in [-0.05, 0) is 12.1 Å². The third-order valence-electron chi connectivity index (χ3n) is 4.79. The Bertz CT molecular complexity index is 910. The maximum atomic E-state index is 12.3. The molecule has 0 saturated carbocycles. The standard InChI is InChI=1S/C21H29N3O8S/c1-5-6-24(12(4)28)15-8-17(14(23-11(3)27)7-13(15)22-10(2)26)33-21-20(31)19(30)18(29)16(9-25)32-21/h5,7-8,16,18-21,25,29-31H,1,6,9H2,2-4H3,(H,22,26)(H,23,27)/t16-,18+,19+,20-,21+/m1/s1. The molecule has 1 saturated heterocycles. The van der Waals surface area contributed by atoms with Crippen LogP contribution in [0, 0.1) is 0 Å². The zero-order valence-corrected chi connectivity index (χ0v) is 19.3. The van der Waals surface area contributed by atoms with Gasteiger partial charge >= 0.3 is 0 Å². The van der Waals surface area contributed by atoms with Crippen LogP contribution in [0.5, 0.6) is 0 Å². The van der Waals surface area contributed by atoms with E-state index in [1.165, 1.54) is 43.9 Å². The first-order chi connectivity index (χ1) is 15.5. The quantitative estimate of drug-likeness (QED) is 0.279. The van der Waals surface area contributed by atoms with Gasteiger partial charge in [-0.2, -0.15) is 0 Å². The highest BCUT2D eigenvalue weighted by Gasteiger charge is 2.44. The van der Waals surface area contributed by atoms with Crippen LogP contribution in [0.3, 0.4) is 0 Å². The normalized spacial score (nSPS) is 24.6. The molecule has 0 bridgehead atoms. The second-order valence-corrected chi connectivity index (χ2v) is 8.60. The lowest BCUT2D eigenvalue weighted by molar-refractivity contribution is -0.205. The maximum Gasteiger partial charge on any atom is 0.224 e. The number of thioether (sulfide) groups is 1. The molecule has 0 aliphatic carbocycles. The number of carbonyl (C=O) groups excluding carboxylic acids is 3. The zero-order chi connectivity index (χ0) is 24.9. The van der Waals surface area contributed by atoms with Crippen LogP contribution in [-0.2, 0) is 19.1 Å². The topological polar surface area (TPSA) is 169 Å². The van der Waals surface area contributed by atoms with E-state index in [1.54, 1.807) is 0 Å². The Kier molecular flexibility index (Phi) is 9.40. The number of nitrogens with one attached hydrogen (secondary N) is 2. The Morgan fingerprint density at radius 3 is 2.18 bits per heavy atom. The Balaban J connectivity index is 2.59. The van der Waals surface area contributed by atoms with Gasteiger partial charge in [0.15, 0.2) is 0 Å². The first-order valence-corrected chi connectivity index (χ1v) is 11.0. The number of ether oxygens (including phenoxy) is 1. The van der Waals surface area contributed by atoms with Crippen molar-refractivity contribution < 1.29 is 39.5 Å². The second kappa shape index (κ2) is 11.6. The lowest BCUT2D eigenvalue weighted by Crippen LogP contribution is -2.57. The van der Waals surface area contributed by atoms with Gasteiger partial charge in [-0.15, -0.1) is 6.58 Å². The summed E-state index contributed by atoms with van der Waals surface area (Å²) in [6.07, 6.45) is -4.22. The van der Waals surface area contributed by atoms with Gasteiger partial charge in [-0.25, -0.2) is 0 Å². The van der Waals surface area contributed by atoms with E-state index in [2.05, 4.69) is 17.2 Å². The summed E-state index contributed by atoms with van der Waals surface area (Å²) in [5.74, 6) is -1.15. The van der Waals surface area contributed by atoms with Crippen LogP contribution in [-0.4, -0.2) is 81.2 Å². The van der Waals surface area contributed by atoms with Gasteiger partial charge in [-0.1, -0.05) is 17.8 Å². The van der Waals surface area contributed by atoms with Crippen molar-refractivity contribution in [2.75, 3.05) is 28.7 Å². The molecule has 5 atom stereocenters. The van der Waals surface area contributed by atoms with E-state index in [0.717, 1.165) is 11.8 Å². The van der Waals surface area contributed by atoms with Gasteiger partial charge in [0.1, 0.15) is 29.9 Å². The molecular formula is C21H29N3O8S. The monoisotopic (exact) mass is 483 g/mol. The Morgan fingerprint density at radius 2 is 1.67 bits per heavy atom. The predicted molar refractivity (Wildman–Crippen MR) is 123 cm³/mol. The fourth-order valence-electron chi connectivity index (χ4n) is 3.28. The summed E-state index contributed by atoms with van der Waals surface area (Å²) < 4.78 is 5.56. The average molecular weight is 484 g/mol. The highest BCUT2D eigenvalue weighted by Crippen LogP contribution is 2.42. The van der Waals surface area contributed by atoms with Crippen LogP contribution >= 0.6 is 11.8 Å². The number of carbonyl (C=O) groups is 3. The van der Waals surface area contributed by atoms with Crippen LogP contribution < -0.4 is 15.5 Å². The molecule has 1 aliphatic rings. The lowest BCUT2D eigenvalue weighted by atomic mass is 10.0. The van der Waals surface area contributed by atoms with Gasteiger partial charge in [0.25, 0.3) is 0 Å². The second-order valence-electron chi connectivity index (χ2n) is 7.46. The van der Waals surface area contributed by atoms with Crippen molar-refractivity contribution in [1.82, 2.24) is 0 Å². The number of anilines is 3. The zero-order valence-electron chi connectivity index (χ0n) is 18.5. The molecule has 1 fully saturated rings. The summed E-state index contributed by atoms with van der Waals surface area (Å²) in [5, 5.41) is 45.3. The lowest BCUT2D eigenvalue weighted by Gasteiger charge is -2.39. The number of amides is 3. The molecule has 0 unspecified atom stereocenters. The molecule has 11 nitrogen and oxygen atoms in total. The molecule has 1 heterocycles. The minimum absolute atomic E-state index is 0.131. The molecule has 0 aromatic heterocycles. The van der Waals surface area contributed by atoms with Crippen LogP contribution in [0.4, 0.5) is 17.1 Å². The maximum absolute atomic E-state index is 12.3. The predicted octanol–water partition coefficient (Wildman–Crippen LogP) is 0.0343. The molecule has 12 heteroatoms. The third kappa shape index (κ3) is 6.53. The smallest absolute Gasteiger partial charge is 0.224 e. The van der Waals surface area contributed by atoms with Crippen molar-refractivity contribution in [3.8, 4) is 0 Å². The number of aliphatic hydroxyl groups is 4. The van der Waals surface area contributed by atoms with E-state index in [-0.39, 0.29) is 23.8 Å². The van der Waals surface area contributed by atoms with Gasteiger partial charge in [-0.3, -0.25) is 14.4 Å². The van der Waals surface area contributed by atoms with Crippen molar-refractivity contribution in [2.45, 2.75) is 55.5 Å². The van der Waals surface area contributed by atoms with Crippen molar-refractivity contribution >= 4 is 46.5 Å². The first kappa shape index (κ1) is 26.8. The van der Waals surface area contributed by atoms with E-state index < -0.39 is 48.3 Å². The molecular weight excluding hydrogens is 454 g/mol. The number of nitrogens with zero attached hydrogens (tertiary/aromatic N) is 1. The minimum Gasteiger partial charge on any atom is -0.394 e. The number of rotatable bonds is 8. The van der Waals surface area contributed by atoms with Gasteiger partial charge in [0.2, 0.25) is 17.7 Å². The highest BCUT2D eigenvalue weighted by atomic mass is 32.2. The Morgan fingerprint density at radius 1 is 1.06 bits per heavy atom. The van der Waals surface area contributed by atoms with Crippen LogP contribution in [0.25, 0.3) is 0 Å². The molecule has 0 radical (unpaired) electrons. The summed E-state index contributed by atoms with van der Waals surface area (Å²) in [7, 11) is 0. The van der Waals surface area contributed by atoms with E-state index in [0.29, 0.717) is 10.6 Å². The van der Waals surface area contributed by atoms with E-state index in [1.807, 2.05) is 0 Å². The number of benzene rings is 1. The first-order valence-electron chi connectivity index (χ1n) is 10.1. The fourth-order valence-corrected chi connectivity index (χ4v) is 4.45. The summed E-state index contributed by atoms with van der Waals surface area (Å²) in [6, 6.07) is 2.98. The molecule has 1 aromatic carbocycles. The summed E-state index contributed by atoms with van der Waals surface area (Å²) >= 11 is 0.909. The molecule has 0 spiro atoms. The SMILES string of the molecule is C=CCN(C(C)=O)c1cc(S[C@@H]2O[C@H](CO)[C@H](O)[C@H](O)[C@H]2O)c(NC(C)=O)cc1NC(C)=O. The van der Waals surface area contributed by atoms with Crippen LogP contribution in [0.15, 0.2) is 29.7 Å². The Hall–Kier alpha value is -2.48. The largest absolute Gasteiger partial charge is 0.394 e. The number of hydrogen-bond acceptors (Lipinski definition) is 9. The van der Waals surface area contributed by atoms with Gasteiger partial charge in [0.05, 0.1) is 23.7 Å². The molecule has 1 aromatic rings. The minimum atomic E-state index is -1.58. The molecule has 33 heavy (non-hydrogen) atoms. The van der Waals surface area contributed by atoms with Crippen LogP contribution in [0.2, 0.25) is 0 Å². The molecule has 1 aliphatic heterocycles. The molecule has 3 amide bonds. The highest BCUT2D eigenvalue weighted by molar-refractivity contribution is 8.00. The Labute approximate surface area is 195 Å². The van der Waals surface area contributed by atoms with Crippen molar-refractivity contribution in [3.63, 3.8) is 0 Å². The van der Waals surface area contributed by atoms with E-state index >= 15 is 0 Å². The number of aliphatic hydroxyl groups excluding tert-OH is 4. The van der Waals surface area contributed by atoms with Crippen LogP contribution in [0.1, 0.15) is 20.8 Å². The summed E-state index contributed by atoms with van der Waals surface area (Å²) in [5.41, 5.74) is -0.322. The summed E-state index contributed by atoms with van der Waals surface area (Å²) in [4.78, 5) is 37.6. The van der Waals surface area contributed by atoms with Crippen molar-refractivity contribution in [1.29, 1.82) is 0 Å². The van der Waals surface area contributed by atoms with Crippen molar-refractivity contribution in [3.05, 3.63) is 24.8 Å². The molecule has 6 N–H and O–H groups in total. The van der Waals surface area contributed by atoms with E-state index in [9.17, 15) is 34.8 Å².